The van der Waals surface area contributed by atoms with Gasteiger partial charge in [0.2, 0.25) is 0 Å². The second kappa shape index (κ2) is 7.73. The molecule has 0 saturated heterocycles. The van der Waals surface area contributed by atoms with Crippen molar-refractivity contribution in [2.45, 2.75) is 51.3 Å². The molecular formula is C10H24NOP. The monoisotopic (exact) mass is 205 g/mol. The van der Waals surface area contributed by atoms with E-state index >= 15 is 0 Å². The third kappa shape index (κ3) is 8.67. The first-order chi connectivity index (χ1) is 6.12. The fraction of sp³-hybridized carbons (Fsp3) is 1.00. The summed E-state index contributed by atoms with van der Waals surface area (Å²) >= 11 is 0. The quantitative estimate of drug-likeness (QED) is 0.488. The first-order valence-corrected chi connectivity index (χ1v) is 5.83. The average Bonchev–Trinajstić information content (AvgIpc) is 2.05. The van der Waals surface area contributed by atoms with Crippen molar-refractivity contribution in [3.63, 3.8) is 0 Å². The van der Waals surface area contributed by atoms with Crippen molar-refractivity contribution in [2.75, 3.05) is 13.2 Å². The van der Waals surface area contributed by atoms with E-state index in [1.165, 1.54) is 6.42 Å². The van der Waals surface area contributed by atoms with Gasteiger partial charge in [0.1, 0.15) is 0 Å². The van der Waals surface area contributed by atoms with Crippen LogP contribution in [0.5, 0.6) is 0 Å². The van der Waals surface area contributed by atoms with E-state index in [-0.39, 0.29) is 5.34 Å². The Morgan fingerprint density at radius 3 is 2.54 bits per heavy atom. The Balaban J connectivity index is 3.42. The first-order valence-electron chi connectivity index (χ1n) is 5.25. The first kappa shape index (κ1) is 13.4. The van der Waals surface area contributed by atoms with Crippen LogP contribution in [-0.4, -0.2) is 18.5 Å². The number of ether oxygens (including phenoxy) is 1. The summed E-state index contributed by atoms with van der Waals surface area (Å²) < 4.78 is 5.74. The molecule has 2 N–H and O–H groups in total. The normalized spacial score (nSPS) is 15.7. The van der Waals surface area contributed by atoms with E-state index in [0.717, 1.165) is 38.8 Å². The van der Waals surface area contributed by atoms with E-state index in [4.69, 9.17) is 10.5 Å². The zero-order chi connectivity index (χ0) is 10.2. The van der Waals surface area contributed by atoms with Gasteiger partial charge in [-0.25, -0.2) is 0 Å². The highest BCUT2D eigenvalue weighted by atomic mass is 31.0. The third-order valence-electron chi connectivity index (χ3n) is 2.06. The van der Waals surface area contributed by atoms with Gasteiger partial charge in [0.15, 0.2) is 0 Å². The molecule has 0 aromatic rings. The molecule has 0 fully saturated rings. The van der Waals surface area contributed by atoms with Gasteiger partial charge in [0, 0.05) is 6.61 Å². The van der Waals surface area contributed by atoms with E-state index in [1.54, 1.807) is 0 Å². The molecule has 0 heterocycles. The summed E-state index contributed by atoms with van der Waals surface area (Å²) in [5.41, 5.74) is 5.43. The minimum atomic E-state index is -0.0374. The summed E-state index contributed by atoms with van der Waals surface area (Å²) in [7, 11) is 2.79. The second-order valence-corrected chi connectivity index (χ2v) is 4.98. The Labute approximate surface area is 84.8 Å². The van der Waals surface area contributed by atoms with Crippen LogP contribution in [0.4, 0.5) is 0 Å². The second-order valence-electron chi connectivity index (χ2n) is 3.76. The predicted molar refractivity (Wildman–Crippen MR) is 61.9 cm³/mol. The zero-order valence-electron chi connectivity index (χ0n) is 9.01. The smallest absolute Gasteiger partial charge is 0.0785 e. The largest absolute Gasteiger partial charge is 0.371 e. The van der Waals surface area contributed by atoms with Gasteiger partial charge < -0.3 is 10.5 Å². The maximum atomic E-state index is 5.74. The summed E-state index contributed by atoms with van der Waals surface area (Å²) in [6, 6.07) is 0. The van der Waals surface area contributed by atoms with Crippen LogP contribution < -0.4 is 5.73 Å². The molecule has 0 rings (SSSR count). The molecule has 0 bridgehead atoms. The van der Waals surface area contributed by atoms with Crippen LogP contribution in [0.25, 0.3) is 0 Å². The Morgan fingerprint density at radius 2 is 2.00 bits per heavy atom. The van der Waals surface area contributed by atoms with Crippen molar-refractivity contribution in [3.8, 4) is 0 Å². The summed E-state index contributed by atoms with van der Waals surface area (Å²) in [5, 5.41) is -0.0374. The lowest BCUT2D eigenvalue weighted by Gasteiger charge is -2.25. The molecule has 2 atom stereocenters. The van der Waals surface area contributed by atoms with Gasteiger partial charge in [-0.1, -0.05) is 13.3 Å². The maximum absolute atomic E-state index is 5.74. The standard InChI is InChI=1S/C10H24NOP/c1-3-4-9-12-10(2,13)7-5-6-8-11/h3-9,11,13H2,1-2H3. The van der Waals surface area contributed by atoms with Gasteiger partial charge in [0.05, 0.1) is 5.34 Å². The van der Waals surface area contributed by atoms with Crippen LogP contribution in [0.3, 0.4) is 0 Å². The highest BCUT2D eigenvalue weighted by Crippen LogP contribution is 2.26. The molecule has 0 radical (unpaired) electrons. The molecule has 0 spiro atoms. The molecule has 0 aromatic carbocycles. The predicted octanol–water partition coefficient (Wildman–Crippen LogP) is 2.52. The molecule has 0 aliphatic carbocycles. The van der Waals surface area contributed by atoms with E-state index in [0.29, 0.717) is 0 Å². The van der Waals surface area contributed by atoms with Crippen molar-refractivity contribution >= 4 is 9.24 Å². The molecule has 2 nitrogen and oxygen atoms in total. The molecule has 0 aliphatic rings. The number of nitrogens with two attached hydrogens (primary N) is 1. The highest BCUT2D eigenvalue weighted by Gasteiger charge is 2.16. The van der Waals surface area contributed by atoms with Gasteiger partial charge in [0.25, 0.3) is 0 Å². The molecule has 2 unspecified atom stereocenters. The van der Waals surface area contributed by atoms with Gasteiger partial charge >= 0.3 is 0 Å². The molecule has 0 saturated carbocycles. The van der Waals surface area contributed by atoms with Crippen LogP contribution in [-0.2, 0) is 4.74 Å². The summed E-state index contributed by atoms with van der Waals surface area (Å²) in [5.74, 6) is 0. The van der Waals surface area contributed by atoms with Gasteiger partial charge in [-0.2, -0.15) is 0 Å². The van der Waals surface area contributed by atoms with E-state index < -0.39 is 0 Å². The van der Waals surface area contributed by atoms with E-state index in [1.807, 2.05) is 0 Å². The topological polar surface area (TPSA) is 35.2 Å². The van der Waals surface area contributed by atoms with E-state index in [2.05, 4.69) is 23.1 Å². The third-order valence-corrected chi connectivity index (χ3v) is 2.51. The lowest BCUT2D eigenvalue weighted by atomic mass is 10.1. The Kier molecular flexibility index (Phi) is 7.93. The molecule has 0 amide bonds. The van der Waals surface area contributed by atoms with Crippen LogP contribution in [0.1, 0.15) is 46.0 Å². The van der Waals surface area contributed by atoms with Crippen molar-refractivity contribution in [3.05, 3.63) is 0 Å². The van der Waals surface area contributed by atoms with Gasteiger partial charge in [-0.15, -0.1) is 9.24 Å². The van der Waals surface area contributed by atoms with Crippen LogP contribution in [0.2, 0.25) is 0 Å². The van der Waals surface area contributed by atoms with Gasteiger partial charge in [-0.05, 0) is 39.2 Å². The summed E-state index contributed by atoms with van der Waals surface area (Å²) in [6.45, 7) is 5.97. The lowest BCUT2D eigenvalue weighted by Crippen LogP contribution is -2.21. The van der Waals surface area contributed by atoms with Crippen LogP contribution in [0.15, 0.2) is 0 Å². The number of rotatable bonds is 8. The molecule has 0 aliphatic heterocycles. The van der Waals surface area contributed by atoms with Crippen LogP contribution in [0, 0.1) is 0 Å². The Hall–Kier alpha value is 0.350. The van der Waals surface area contributed by atoms with E-state index in [9.17, 15) is 0 Å². The van der Waals surface area contributed by atoms with Crippen LogP contribution >= 0.6 is 9.24 Å². The average molecular weight is 205 g/mol. The minimum Gasteiger partial charge on any atom is -0.371 e. The molecular weight excluding hydrogens is 181 g/mol. The zero-order valence-corrected chi connectivity index (χ0v) is 10.2. The van der Waals surface area contributed by atoms with Crippen molar-refractivity contribution in [1.82, 2.24) is 0 Å². The van der Waals surface area contributed by atoms with Crippen molar-refractivity contribution in [2.24, 2.45) is 5.73 Å². The van der Waals surface area contributed by atoms with Gasteiger partial charge in [-0.3, -0.25) is 0 Å². The highest BCUT2D eigenvalue weighted by molar-refractivity contribution is 7.18. The SMILES string of the molecule is CCCCOC(C)(P)CCCCN. The molecule has 0 aromatic heterocycles. The summed E-state index contributed by atoms with van der Waals surface area (Å²) in [4.78, 5) is 0. The number of hydrogen-bond donors (Lipinski definition) is 1. The molecule has 3 heteroatoms. The molecule has 13 heavy (non-hydrogen) atoms. The Bertz CT molecular complexity index is 105. The van der Waals surface area contributed by atoms with Crippen molar-refractivity contribution in [1.29, 1.82) is 0 Å². The maximum Gasteiger partial charge on any atom is 0.0785 e. The minimum absolute atomic E-state index is 0.0374. The lowest BCUT2D eigenvalue weighted by molar-refractivity contribution is 0.0289. The fourth-order valence-electron chi connectivity index (χ4n) is 1.14. The number of unbranched alkanes of at least 4 members (excludes halogenated alkanes) is 2. The Morgan fingerprint density at radius 1 is 1.31 bits per heavy atom. The van der Waals surface area contributed by atoms with Crippen molar-refractivity contribution < 1.29 is 4.74 Å². The number of hydrogen-bond acceptors (Lipinski definition) is 2. The summed E-state index contributed by atoms with van der Waals surface area (Å²) in [6.07, 6.45) is 5.69. The molecule has 80 valence electrons. The fourth-order valence-corrected chi connectivity index (χ4v) is 1.46.